The fraction of sp³-hybridized carbons (Fsp3) is 0.182. The second-order valence-corrected chi connectivity index (χ2v) is 3.16. The molecule has 0 saturated heterocycles. The largest absolute Gasteiger partial charge is 0.355 e. The molecule has 0 radical (unpaired) electrons. The summed E-state index contributed by atoms with van der Waals surface area (Å²) in [5.41, 5.74) is 0.104. The normalized spacial score (nSPS) is 9.24. The number of amides is 2. The van der Waals surface area contributed by atoms with E-state index >= 15 is 0 Å². The second kappa shape index (κ2) is 5.61. The first kappa shape index (κ1) is 12.6. The molecule has 17 heavy (non-hydrogen) atoms. The highest BCUT2D eigenvalue weighted by Gasteiger charge is 2.11. The van der Waals surface area contributed by atoms with Crippen molar-refractivity contribution in [2.75, 3.05) is 12.4 Å². The van der Waals surface area contributed by atoms with E-state index in [1.165, 1.54) is 19.2 Å². The Morgan fingerprint density at radius 1 is 1.47 bits per heavy atom. The van der Waals surface area contributed by atoms with Gasteiger partial charge in [-0.05, 0) is 18.2 Å². The first-order valence-corrected chi connectivity index (χ1v) is 4.77. The minimum absolute atomic E-state index is 0.165. The van der Waals surface area contributed by atoms with Gasteiger partial charge in [-0.15, -0.1) is 0 Å². The molecule has 0 heterocycles. The number of nitrogens with one attached hydrogen (secondary N) is 2. The number of rotatable bonds is 3. The van der Waals surface area contributed by atoms with Crippen molar-refractivity contribution >= 4 is 17.5 Å². The van der Waals surface area contributed by atoms with Crippen molar-refractivity contribution in [2.45, 2.75) is 6.42 Å². The number of anilines is 1. The molecule has 2 N–H and O–H groups in total. The number of carbonyl (C=O) groups excluding carboxylic acids is 2. The van der Waals surface area contributed by atoms with Gasteiger partial charge in [-0.1, -0.05) is 0 Å². The van der Waals surface area contributed by atoms with Gasteiger partial charge in [-0.2, -0.15) is 5.26 Å². The molecular weight excluding hydrogens is 225 g/mol. The standard InChI is InChI=1S/C11H10FN3O2/c1-14-11(17)8-6-7(2-3-9(8)12)15-10(16)4-5-13/h2-3,6H,4H2,1H3,(H,14,17)(H,15,16). The third-order valence-electron chi connectivity index (χ3n) is 1.96. The van der Waals surface area contributed by atoms with Crippen LogP contribution >= 0.6 is 0 Å². The molecule has 88 valence electrons. The van der Waals surface area contributed by atoms with Crippen LogP contribution in [0, 0.1) is 17.1 Å². The topological polar surface area (TPSA) is 82.0 Å². The number of nitrogens with zero attached hydrogens (tertiary/aromatic N) is 1. The smallest absolute Gasteiger partial charge is 0.254 e. The van der Waals surface area contributed by atoms with E-state index in [4.69, 9.17) is 5.26 Å². The molecule has 1 aromatic rings. The molecule has 0 aliphatic rings. The van der Waals surface area contributed by atoms with Gasteiger partial charge in [0.2, 0.25) is 5.91 Å². The van der Waals surface area contributed by atoms with Crippen LogP contribution in [0.4, 0.5) is 10.1 Å². The summed E-state index contributed by atoms with van der Waals surface area (Å²) >= 11 is 0. The lowest BCUT2D eigenvalue weighted by Gasteiger charge is -2.06. The first-order chi connectivity index (χ1) is 8.08. The van der Waals surface area contributed by atoms with E-state index in [1.54, 1.807) is 6.07 Å². The van der Waals surface area contributed by atoms with Crippen molar-refractivity contribution < 1.29 is 14.0 Å². The van der Waals surface area contributed by atoms with Gasteiger partial charge in [-0.25, -0.2) is 4.39 Å². The number of carbonyl (C=O) groups is 2. The zero-order chi connectivity index (χ0) is 12.8. The predicted octanol–water partition coefficient (Wildman–Crippen LogP) is 1.04. The predicted molar refractivity (Wildman–Crippen MR) is 58.6 cm³/mol. The summed E-state index contributed by atoms with van der Waals surface area (Å²) in [5, 5.41) is 13.0. The van der Waals surface area contributed by atoms with E-state index in [0.29, 0.717) is 0 Å². The van der Waals surface area contributed by atoms with E-state index in [0.717, 1.165) is 6.07 Å². The molecule has 0 unspecified atom stereocenters. The van der Waals surface area contributed by atoms with Crippen LogP contribution in [-0.4, -0.2) is 18.9 Å². The van der Waals surface area contributed by atoms with Crippen LogP contribution in [0.5, 0.6) is 0 Å². The number of benzene rings is 1. The molecule has 0 aliphatic carbocycles. The van der Waals surface area contributed by atoms with Gasteiger partial charge in [0.05, 0.1) is 11.6 Å². The van der Waals surface area contributed by atoms with Gasteiger partial charge in [-0.3, -0.25) is 9.59 Å². The number of hydrogen-bond acceptors (Lipinski definition) is 3. The first-order valence-electron chi connectivity index (χ1n) is 4.77. The summed E-state index contributed by atoms with van der Waals surface area (Å²) in [4.78, 5) is 22.4. The highest BCUT2D eigenvalue weighted by Crippen LogP contribution is 2.14. The summed E-state index contributed by atoms with van der Waals surface area (Å²) in [6.45, 7) is 0. The molecule has 0 spiro atoms. The van der Waals surface area contributed by atoms with E-state index in [2.05, 4.69) is 10.6 Å². The number of nitriles is 1. The summed E-state index contributed by atoms with van der Waals surface area (Å²) in [6, 6.07) is 5.29. The van der Waals surface area contributed by atoms with E-state index < -0.39 is 17.6 Å². The third-order valence-corrected chi connectivity index (χ3v) is 1.96. The molecule has 0 aliphatic heterocycles. The van der Waals surface area contributed by atoms with Crippen LogP contribution in [0.15, 0.2) is 18.2 Å². The second-order valence-electron chi connectivity index (χ2n) is 3.16. The van der Waals surface area contributed by atoms with Gasteiger partial charge < -0.3 is 10.6 Å². The molecule has 5 nitrogen and oxygen atoms in total. The number of hydrogen-bond donors (Lipinski definition) is 2. The Balaban J connectivity index is 2.93. The zero-order valence-corrected chi connectivity index (χ0v) is 9.08. The van der Waals surface area contributed by atoms with Crippen LogP contribution in [0.2, 0.25) is 0 Å². The van der Waals surface area contributed by atoms with Crippen molar-refractivity contribution in [1.82, 2.24) is 5.32 Å². The molecule has 1 rings (SSSR count). The SMILES string of the molecule is CNC(=O)c1cc(NC(=O)CC#N)ccc1F. The fourth-order valence-corrected chi connectivity index (χ4v) is 1.19. The molecule has 0 bridgehead atoms. The minimum Gasteiger partial charge on any atom is -0.355 e. The fourth-order valence-electron chi connectivity index (χ4n) is 1.19. The average Bonchev–Trinajstić information content (AvgIpc) is 2.31. The molecular formula is C11H10FN3O2. The summed E-state index contributed by atoms with van der Waals surface area (Å²) < 4.78 is 13.3. The Morgan fingerprint density at radius 2 is 2.18 bits per heavy atom. The summed E-state index contributed by atoms with van der Waals surface area (Å²) in [6.07, 6.45) is -0.299. The lowest BCUT2D eigenvalue weighted by molar-refractivity contribution is -0.115. The average molecular weight is 235 g/mol. The summed E-state index contributed by atoms with van der Waals surface area (Å²) in [7, 11) is 1.38. The molecule has 6 heteroatoms. The molecule has 1 aromatic carbocycles. The van der Waals surface area contributed by atoms with Gasteiger partial charge in [0.1, 0.15) is 12.2 Å². The third kappa shape index (κ3) is 3.28. The lowest BCUT2D eigenvalue weighted by atomic mass is 10.1. The Kier molecular flexibility index (Phi) is 4.17. The van der Waals surface area contributed by atoms with Gasteiger partial charge in [0, 0.05) is 12.7 Å². The maximum Gasteiger partial charge on any atom is 0.254 e. The Labute approximate surface area is 97.2 Å². The van der Waals surface area contributed by atoms with Crippen LogP contribution in [-0.2, 0) is 4.79 Å². The Bertz CT molecular complexity index is 494. The Morgan fingerprint density at radius 3 is 2.76 bits per heavy atom. The van der Waals surface area contributed by atoms with Gasteiger partial charge >= 0.3 is 0 Å². The minimum atomic E-state index is -0.678. The molecule has 0 atom stereocenters. The van der Waals surface area contributed by atoms with Gasteiger partial charge in [0.25, 0.3) is 5.91 Å². The lowest BCUT2D eigenvalue weighted by Crippen LogP contribution is -2.20. The van der Waals surface area contributed by atoms with Crippen molar-refractivity contribution in [3.05, 3.63) is 29.6 Å². The van der Waals surface area contributed by atoms with Crippen LogP contribution in [0.1, 0.15) is 16.8 Å². The van der Waals surface area contributed by atoms with Crippen molar-refractivity contribution in [2.24, 2.45) is 0 Å². The quantitative estimate of drug-likeness (QED) is 0.821. The van der Waals surface area contributed by atoms with E-state index in [1.807, 2.05) is 0 Å². The van der Waals surface area contributed by atoms with Crippen molar-refractivity contribution in [1.29, 1.82) is 5.26 Å². The van der Waals surface area contributed by atoms with Crippen LogP contribution in [0.3, 0.4) is 0 Å². The highest BCUT2D eigenvalue weighted by molar-refractivity contribution is 5.97. The molecule has 0 fully saturated rings. The highest BCUT2D eigenvalue weighted by atomic mass is 19.1. The Hall–Kier alpha value is -2.42. The van der Waals surface area contributed by atoms with E-state index in [-0.39, 0.29) is 17.7 Å². The maximum absolute atomic E-state index is 13.3. The van der Waals surface area contributed by atoms with Gasteiger partial charge in [0.15, 0.2) is 0 Å². The number of halogens is 1. The zero-order valence-electron chi connectivity index (χ0n) is 9.08. The van der Waals surface area contributed by atoms with Crippen molar-refractivity contribution in [3.63, 3.8) is 0 Å². The van der Waals surface area contributed by atoms with Crippen LogP contribution < -0.4 is 10.6 Å². The maximum atomic E-state index is 13.3. The van der Waals surface area contributed by atoms with E-state index in [9.17, 15) is 14.0 Å². The molecule has 0 aromatic heterocycles. The monoisotopic (exact) mass is 235 g/mol. The molecule has 2 amide bonds. The summed E-state index contributed by atoms with van der Waals surface area (Å²) in [5.74, 6) is -1.77. The van der Waals surface area contributed by atoms with Crippen LogP contribution in [0.25, 0.3) is 0 Å². The molecule has 0 saturated carbocycles. The van der Waals surface area contributed by atoms with Crippen molar-refractivity contribution in [3.8, 4) is 6.07 Å².